The normalized spacial score (nSPS) is 16.4. The maximum absolute atomic E-state index is 11.3. The first kappa shape index (κ1) is 13.8. The highest BCUT2D eigenvalue weighted by molar-refractivity contribution is 5.70. The van der Waals surface area contributed by atoms with Crippen molar-refractivity contribution >= 4 is 11.7 Å². The lowest BCUT2D eigenvalue weighted by Crippen LogP contribution is -2.23. The van der Waals surface area contributed by atoms with Gasteiger partial charge in [0.1, 0.15) is 6.10 Å². The molecular formula is C14H19NO4. The second-order valence-corrected chi connectivity index (χ2v) is 4.61. The highest BCUT2D eigenvalue weighted by atomic mass is 16.5. The van der Waals surface area contributed by atoms with Crippen LogP contribution in [-0.2, 0) is 16.0 Å². The lowest BCUT2D eigenvalue weighted by atomic mass is 9.99. The van der Waals surface area contributed by atoms with Crippen molar-refractivity contribution in [3.8, 4) is 0 Å². The van der Waals surface area contributed by atoms with Crippen LogP contribution in [0.4, 0.5) is 5.69 Å². The summed E-state index contributed by atoms with van der Waals surface area (Å²) >= 11 is 0. The van der Waals surface area contributed by atoms with Crippen molar-refractivity contribution in [2.45, 2.75) is 32.0 Å². The highest BCUT2D eigenvalue weighted by Gasteiger charge is 2.23. The van der Waals surface area contributed by atoms with Crippen molar-refractivity contribution < 1.29 is 19.7 Å². The maximum atomic E-state index is 11.3. The number of aliphatic hydroxyl groups excluding tert-OH is 2. The Balaban J connectivity index is 2.02. The Morgan fingerprint density at radius 3 is 3.00 bits per heavy atom. The molecule has 2 atom stereocenters. The van der Waals surface area contributed by atoms with Crippen molar-refractivity contribution in [1.29, 1.82) is 0 Å². The number of anilines is 1. The average Bonchev–Trinajstić information content (AvgIpc) is 2.85. The SMILES string of the molecule is CCOC(=O)CC(O)C(O)c1ccc2c(c1)CCN2. The van der Waals surface area contributed by atoms with Crippen LogP contribution in [0.1, 0.15) is 30.6 Å². The molecule has 1 heterocycles. The van der Waals surface area contributed by atoms with Gasteiger partial charge >= 0.3 is 5.97 Å². The van der Waals surface area contributed by atoms with Crippen molar-refractivity contribution in [3.05, 3.63) is 29.3 Å². The first-order valence-corrected chi connectivity index (χ1v) is 6.50. The number of esters is 1. The molecule has 0 saturated carbocycles. The number of ether oxygens (including phenoxy) is 1. The van der Waals surface area contributed by atoms with E-state index in [1.165, 1.54) is 0 Å². The second kappa shape index (κ2) is 6.04. The van der Waals surface area contributed by atoms with Gasteiger partial charge in [-0.15, -0.1) is 0 Å². The summed E-state index contributed by atoms with van der Waals surface area (Å²) in [7, 11) is 0. The Kier molecular flexibility index (Phi) is 4.39. The molecule has 3 N–H and O–H groups in total. The van der Waals surface area contributed by atoms with E-state index in [9.17, 15) is 15.0 Å². The average molecular weight is 265 g/mol. The van der Waals surface area contributed by atoms with E-state index in [1.807, 2.05) is 12.1 Å². The van der Waals surface area contributed by atoms with Crippen LogP contribution in [0.25, 0.3) is 0 Å². The Morgan fingerprint density at radius 2 is 2.26 bits per heavy atom. The van der Waals surface area contributed by atoms with Gasteiger partial charge in [0.05, 0.1) is 19.1 Å². The fourth-order valence-electron chi connectivity index (χ4n) is 2.23. The zero-order valence-corrected chi connectivity index (χ0v) is 10.9. The van der Waals surface area contributed by atoms with Crippen molar-refractivity contribution in [2.75, 3.05) is 18.5 Å². The Hall–Kier alpha value is -1.59. The highest BCUT2D eigenvalue weighted by Crippen LogP contribution is 2.27. The molecule has 5 heteroatoms. The van der Waals surface area contributed by atoms with E-state index in [0.717, 1.165) is 24.2 Å². The van der Waals surface area contributed by atoms with Crippen LogP contribution in [0, 0.1) is 0 Å². The zero-order chi connectivity index (χ0) is 13.8. The number of rotatable bonds is 5. The lowest BCUT2D eigenvalue weighted by molar-refractivity contribution is -0.147. The fraction of sp³-hybridized carbons (Fsp3) is 0.500. The van der Waals surface area contributed by atoms with Gasteiger partial charge in [0, 0.05) is 12.2 Å². The monoisotopic (exact) mass is 265 g/mol. The lowest BCUT2D eigenvalue weighted by Gasteiger charge is -2.18. The molecule has 0 fully saturated rings. The third kappa shape index (κ3) is 3.24. The van der Waals surface area contributed by atoms with Crippen LogP contribution in [0.2, 0.25) is 0 Å². The van der Waals surface area contributed by atoms with Gasteiger partial charge in [0.15, 0.2) is 0 Å². The number of fused-ring (bicyclic) bond motifs is 1. The quantitative estimate of drug-likeness (QED) is 0.692. The number of carbonyl (C=O) groups is 1. The molecule has 2 unspecified atom stereocenters. The number of nitrogens with one attached hydrogen (secondary N) is 1. The van der Waals surface area contributed by atoms with Crippen LogP contribution in [0.15, 0.2) is 18.2 Å². The number of benzene rings is 1. The van der Waals surface area contributed by atoms with Crippen LogP contribution < -0.4 is 5.32 Å². The van der Waals surface area contributed by atoms with E-state index in [4.69, 9.17) is 4.74 Å². The summed E-state index contributed by atoms with van der Waals surface area (Å²) in [5, 5.41) is 23.1. The summed E-state index contributed by atoms with van der Waals surface area (Å²) in [6, 6.07) is 5.52. The molecule has 1 aliphatic heterocycles. The van der Waals surface area contributed by atoms with E-state index in [2.05, 4.69) is 5.32 Å². The number of hydrogen-bond acceptors (Lipinski definition) is 5. The van der Waals surface area contributed by atoms with Gasteiger partial charge < -0.3 is 20.3 Å². The number of carbonyl (C=O) groups excluding carboxylic acids is 1. The topological polar surface area (TPSA) is 78.8 Å². The Labute approximate surface area is 112 Å². The molecule has 0 aromatic heterocycles. The molecule has 104 valence electrons. The van der Waals surface area contributed by atoms with Gasteiger partial charge in [0.2, 0.25) is 0 Å². The maximum Gasteiger partial charge on any atom is 0.308 e. The van der Waals surface area contributed by atoms with Gasteiger partial charge in [-0.1, -0.05) is 12.1 Å². The van der Waals surface area contributed by atoms with Gasteiger partial charge in [-0.2, -0.15) is 0 Å². The molecule has 0 aliphatic carbocycles. The van der Waals surface area contributed by atoms with E-state index in [0.29, 0.717) is 5.56 Å². The molecule has 1 aromatic carbocycles. The predicted octanol–water partition coefficient (Wildman–Crippen LogP) is 1.00. The van der Waals surface area contributed by atoms with E-state index in [-0.39, 0.29) is 13.0 Å². The molecule has 2 rings (SSSR count). The van der Waals surface area contributed by atoms with Crippen molar-refractivity contribution in [2.24, 2.45) is 0 Å². The van der Waals surface area contributed by atoms with Gasteiger partial charge in [-0.3, -0.25) is 4.79 Å². The standard InChI is InChI=1S/C14H19NO4/c1-2-19-13(17)8-12(16)14(18)10-3-4-11-9(7-10)5-6-15-11/h3-4,7,12,14-16,18H,2,5-6,8H2,1H3. The third-order valence-electron chi connectivity index (χ3n) is 3.23. The molecule has 1 aromatic rings. The molecule has 5 nitrogen and oxygen atoms in total. The van der Waals surface area contributed by atoms with Crippen molar-refractivity contribution in [1.82, 2.24) is 0 Å². The molecule has 0 spiro atoms. The van der Waals surface area contributed by atoms with Gasteiger partial charge in [-0.25, -0.2) is 0 Å². The Bertz CT molecular complexity index is 461. The molecule has 0 radical (unpaired) electrons. The zero-order valence-electron chi connectivity index (χ0n) is 10.9. The summed E-state index contributed by atoms with van der Waals surface area (Å²) in [5.41, 5.74) is 2.81. The number of aliphatic hydroxyl groups is 2. The fourth-order valence-corrected chi connectivity index (χ4v) is 2.23. The van der Waals surface area contributed by atoms with Gasteiger partial charge in [0.25, 0.3) is 0 Å². The van der Waals surface area contributed by atoms with Crippen LogP contribution in [0.3, 0.4) is 0 Å². The molecule has 0 saturated heterocycles. The van der Waals surface area contributed by atoms with Crippen LogP contribution in [0.5, 0.6) is 0 Å². The summed E-state index contributed by atoms with van der Waals surface area (Å²) in [5.74, 6) is -0.503. The van der Waals surface area contributed by atoms with E-state index < -0.39 is 18.2 Å². The summed E-state index contributed by atoms with van der Waals surface area (Å²) in [6.45, 7) is 2.86. The molecular weight excluding hydrogens is 246 g/mol. The van der Waals surface area contributed by atoms with Crippen molar-refractivity contribution in [3.63, 3.8) is 0 Å². The van der Waals surface area contributed by atoms with Crippen LogP contribution in [-0.4, -0.2) is 35.4 Å². The summed E-state index contributed by atoms with van der Waals surface area (Å²) in [6.07, 6.45) is -1.52. The minimum atomic E-state index is -1.15. The summed E-state index contributed by atoms with van der Waals surface area (Å²) in [4.78, 5) is 11.3. The van der Waals surface area contributed by atoms with Gasteiger partial charge in [-0.05, 0) is 30.5 Å². The summed E-state index contributed by atoms with van der Waals surface area (Å²) < 4.78 is 4.75. The largest absolute Gasteiger partial charge is 0.466 e. The predicted molar refractivity (Wildman–Crippen MR) is 70.9 cm³/mol. The number of hydrogen-bond donors (Lipinski definition) is 3. The first-order chi connectivity index (χ1) is 9.11. The first-order valence-electron chi connectivity index (χ1n) is 6.50. The smallest absolute Gasteiger partial charge is 0.308 e. The molecule has 19 heavy (non-hydrogen) atoms. The molecule has 0 amide bonds. The minimum absolute atomic E-state index is 0.204. The van der Waals surface area contributed by atoms with E-state index >= 15 is 0 Å². The van der Waals surface area contributed by atoms with E-state index in [1.54, 1.807) is 13.0 Å². The Morgan fingerprint density at radius 1 is 1.47 bits per heavy atom. The molecule has 1 aliphatic rings. The molecule has 0 bridgehead atoms. The van der Waals surface area contributed by atoms with Crippen LogP contribution >= 0.6 is 0 Å². The third-order valence-corrected chi connectivity index (χ3v) is 3.23. The minimum Gasteiger partial charge on any atom is -0.466 e. The second-order valence-electron chi connectivity index (χ2n) is 4.61.